The molecular formula is C12H24N6O. The Balaban J connectivity index is 2.96. The van der Waals surface area contributed by atoms with Crippen LogP contribution in [0.1, 0.15) is 34.1 Å². The number of rotatable bonds is 8. The van der Waals surface area contributed by atoms with E-state index in [9.17, 15) is 0 Å². The van der Waals surface area contributed by atoms with Gasteiger partial charge >= 0.3 is 6.01 Å². The summed E-state index contributed by atoms with van der Waals surface area (Å²) in [6.07, 6.45) is 0.899. The van der Waals surface area contributed by atoms with Crippen molar-refractivity contribution in [2.24, 2.45) is 11.8 Å². The number of hydrazine groups is 1. The van der Waals surface area contributed by atoms with Crippen molar-refractivity contribution in [1.82, 2.24) is 15.0 Å². The summed E-state index contributed by atoms with van der Waals surface area (Å²) in [5, 5.41) is 0. The molecule has 0 spiro atoms. The molecular weight excluding hydrogens is 244 g/mol. The monoisotopic (exact) mass is 268 g/mol. The van der Waals surface area contributed by atoms with Crippen LogP contribution in [0.3, 0.4) is 0 Å². The molecule has 0 aliphatic carbocycles. The molecule has 0 atom stereocenters. The van der Waals surface area contributed by atoms with Crippen LogP contribution in [0, 0.1) is 5.92 Å². The number of ether oxygens (including phenoxy) is 1. The lowest BCUT2D eigenvalue weighted by molar-refractivity contribution is 0.291. The van der Waals surface area contributed by atoms with Gasteiger partial charge in [0.1, 0.15) is 0 Å². The predicted octanol–water partition coefficient (Wildman–Crippen LogP) is 1.43. The molecule has 0 bridgehead atoms. The van der Waals surface area contributed by atoms with Gasteiger partial charge in [-0.3, -0.25) is 5.43 Å². The molecule has 0 saturated heterocycles. The van der Waals surface area contributed by atoms with Crippen molar-refractivity contribution in [2.75, 3.05) is 30.0 Å². The zero-order chi connectivity index (χ0) is 14.3. The van der Waals surface area contributed by atoms with Crippen molar-refractivity contribution in [2.45, 2.75) is 34.1 Å². The quantitative estimate of drug-likeness (QED) is 0.544. The molecule has 0 aliphatic rings. The Labute approximate surface area is 114 Å². The minimum Gasteiger partial charge on any atom is -0.463 e. The Kier molecular flexibility index (Phi) is 6.27. The van der Waals surface area contributed by atoms with Crippen molar-refractivity contribution in [3.63, 3.8) is 0 Å². The molecule has 0 saturated carbocycles. The Morgan fingerprint density at radius 2 is 2.00 bits per heavy atom. The van der Waals surface area contributed by atoms with Gasteiger partial charge in [-0.15, -0.1) is 0 Å². The Bertz CT molecular complexity index is 384. The summed E-state index contributed by atoms with van der Waals surface area (Å²) in [6.45, 7) is 10.7. The fourth-order valence-electron chi connectivity index (χ4n) is 1.60. The van der Waals surface area contributed by atoms with Crippen molar-refractivity contribution < 1.29 is 4.74 Å². The summed E-state index contributed by atoms with van der Waals surface area (Å²) >= 11 is 0. The van der Waals surface area contributed by atoms with E-state index in [1.54, 1.807) is 0 Å². The van der Waals surface area contributed by atoms with Crippen LogP contribution in [0.2, 0.25) is 0 Å². The maximum atomic E-state index is 5.45. The lowest BCUT2D eigenvalue weighted by Gasteiger charge is -2.23. The Hall–Kier alpha value is -1.63. The molecule has 0 aromatic carbocycles. The summed E-state index contributed by atoms with van der Waals surface area (Å²) in [5.41, 5.74) is 2.45. The van der Waals surface area contributed by atoms with Gasteiger partial charge in [0, 0.05) is 13.1 Å². The fourth-order valence-corrected chi connectivity index (χ4v) is 1.60. The zero-order valence-electron chi connectivity index (χ0n) is 12.2. The molecule has 108 valence electrons. The number of nitrogens with two attached hydrogens (primary N) is 1. The first-order chi connectivity index (χ1) is 9.10. The van der Waals surface area contributed by atoms with Crippen molar-refractivity contribution in [3.05, 3.63) is 0 Å². The highest BCUT2D eigenvalue weighted by Gasteiger charge is 2.13. The molecule has 0 aliphatic heterocycles. The van der Waals surface area contributed by atoms with E-state index >= 15 is 0 Å². The molecule has 1 aromatic rings. The van der Waals surface area contributed by atoms with E-state index in [0.717, 1.165) is 19.5 Å². The molecule has 0 radical (unpaired) electrons. The average molecular weight is 268 g/mol. The molecule has 1 heterocycles. The molecule has 1 aromatic heterocycles. The van der Waals surface area contributed by atoms with Crippen LogP contribution in [-0.2, 0) is 0 Å². The van der Waals surface area contributed by atoms with Gasteiger partial charge in [0.15, 0.2) is 0 Å². The number of hydrogen-bond donors (Lipinski definition) is 2. The van der Waals surface area contributed by atoms with Gasteiger partial charge in [-0.25, -0.2) is 5.84 Å². The Morgan fingerprint density at radius 1 is 1.26 bits per heavy atom. The maximum Gasteiger partial charge on any atom is 0.323 e. The maximum absolute atomic E-state index is 5.45. The van der Waals surface area contributed by atoms with Gasteiger partial charge in [-0.2, -0.15) is 15.0 Å². The topological polar surface area (TPSA) is 89.2 Å². The summed E-state index contributed by atoms with van der Waals surface area (Å²) in [4.78, 5) is 14.8. The highest BCUT2D eigenvalue weighted by Crippen LogP contribution is 2.15. The van der Waals surface area contributed by atoms with E-state index in [1.165, 1.54) is 0 Å². The van der Waals surface area contributed by atoms with Gasteiger partial charge in [0.25, 0.3) is 0 Å². The first kappa shape index (κ1) is 15.4. The average Bonchev–Trinajstić information content (AvgIpc) is 2.41. The second-order valence-corrected chi connectivity index (χ2v) is 4.67. The zero-order valence-corrected chi connectivity index (χ0v) is 12.2. The number of nitrogen functional groups attached to an aromatic ring is 1. The number of hydrogen-bond acceptors (Lipinski definition) is 7. The summed E-state index contributed by atoms with van der Waals surface area (Å²) in [5.74, 6) is 6.81. The van der Waals surface area contributed by atoms with Gasteiger partial charge in [0.2, 0.25) is 11.9 Å². The van der Waals surface area contributed by atoms with Crippen LogP contribution in [0.5, 0.6) is 6.01 Å². The standard InChI is InChI=1S/C12H24N6O/c1-5-7-19-12-15-10(17-13)14-11(16-12)18(6-2)8-9(3)4/h9H,5-8,13H2,1-4H3,(H,14,15,16,17). The third-order valence-electron chi connectivity index (χ3n) is 2.42. The van der Waals surface area contributed by atoms with Crippen molar-refractivity contribution in [1.29, 1.82) is 0 Å². The number of nitrogens with zero attached hydrogens (tertiary/aromatic N) is 4. The van der Waals surface area contributed by atoms with Crippen LogP contribution in [0.25, 0.3) is 0 Å². The van der Waals surface area contributed by atoms with Crippen LogP contribution < -0.4 is 20.9 Å². The molecule has 3 N–H and O–H groups in total. The van der Waals surface area contributed by atoms with Crippen LogP contribution in [0.15, 0.2) is 0 Å². The van der Waals surface area contributed by atoms with Gasteiger partial charge in [-0.05, 0) is 19.3 Å². The smallest absolute Gasteiger partial charge is 0.323 e. The minimum absolute atomic E-state index is 0.307. The van der Waals surface area contributed by atoms with E-state index in [0.29, 0.717) is 30.4 Å². The van der Waals surface area contributed by atoms with E-state index in [-0.39, 0.29) is 0 Å². The van der Waals surface area contributed by atoms with E-state index in [1.807, 2.05) is 6.92 Å². The van der Waals surface area contributed by atoms with Gasteiger partial charge < -0.3 is 9.64 Å². The lowest BCUT2D eigenvalue weighted by atomic mass is 10.2. The summed E-state index contributed by atoms with van der Waals surface area (Å²) < 4.78 is 5.45. The minimum atomic E-state index is 0.307. The first-order valence-electron chi connectivity index (χ1n) is 6.71. The van der Waals surface area contributed by atoms with Gasteiger partial charge in [0.05, 0.1) is 6.61 Å². The van der Waals surface area contributed by atoms with Crippen LogP contribution in [-0.4, -0.2) is 34.6 Å². The highest BCUT2D eigenvalue weighted by molar-refractivity contribution is 5.37. The van der Waals surface area contributed by atoms with Crippen LogP contribution >= 0.6 is 0 Å². The van der Waals surface area contributed by atoms with Crippen LogP contribution in [0.4, 0.5) is 11.9 Å². The fraction of sp³-hybridized carbons (Fsp3) is 0.750. The van der Waals surface area contributed by atoms with Gasteiger partial charge in [-0.1, -0.05) is 20.8 Å². The second kappa shape index (κ2) is 7.73. The largest absolute Gasteiger partial charge is 0.463 e. The van der Waals surface area contributed by atoms with Crippen molar-refractivity contribution >= 4 is 11.9 Å². The third-order valence-corrected chi connectivity index (χ3v) is 2.42. The third kappa shape index (κ3) is 4.86. The molecule has 0 unspecified atom stereocenters. The molecule has 0 fully saturated rings. The van der Waals surface area contributed by atoms with E-state index in [2.05, 4.69) is 46.0 Å². The first-order valence-corrected chi connectivity index (χ1v) is 6.71. The normalized spacial score (nSPS) is 10.6. The lowest BCUT2D eigenvalue weighted by Crippen LogP contribution is -2.30. The molecule has 1 rings (SSSR count). The van der Waals surface area contributed by atoms with E-state index < -0.39 is 0 Å². The summed E-state index contributed by atoms with van der Waals surface area (Å²) in [7, 11) is 0. The molecule has 7 nitrogen and oxygen atoms in total. The number of aromatic nitrogens is 3. The summed E-state index contributed by atoms with van der Waals surface area (Å²) in [6, 6.07) is 0.307. The number of anilines is 2. The number of nitrogens with one attached hydrogen (secondary N) is 1. The molecule has 19 heavy (non-hydrogen) atoms. The molecule has 7 heteroatoms. The Morgan fingerprint density at radius 3 is 2.53 bits per heavy atom. The van der Waals surface area contributed by atoms with E-state index in [4.69, 9.17) is 10.6 Å². The highest BCUT2D eigenvalue weighted by atomic mass is 16.5. The second-order valence-electron chi connectivity index (χ2n) is 4.67. The predicted molar refractivity (Wildman–Crippen MR) is 76.1 cm³/mol. The molecule has 0 amide bonds. The SMILES string of the molecule is CCCOc1nc(NN)nc(N(CC)CC(C)C)n1. The van der Waals surface area contributed by atoms with Crippen molar-refractivity contribution in [3.8, 4) is 6.01 Å².